The maximum Gasteiger partial charge on any atom is 0.278 e. The van der Waals surface area contributed by atoms with Crippen LogP contribution < -0.4 is 10.6 Å². The Labute approximate surface area is 230 Å². The van der Waals surface area contributed by atoms with Crippen molar-refractivity contribution in [3.63, 3.8) is 0 Å². The molecule has 6 heterocycles. The summed E-state index contributed by atoms with van der Waals surface area (Å²) in [4.78, 5) is 32.5. The maximum atomic E-state index is 13.2. The number of fused-ring (bicyclic) bond motifs is 1. The molecular weight excluding hydrogens is 510 g/mol. The third-order valence-electron chi connectivity index (χ3n) is 8.60. The number of nitrogens with one attached hydrogen (secondary N) is 2. The van der Waals surface area contributed by atoms with Gasteiger partial charge in [-0.3, -0.25) is 24.2 Å². The predicted octanol–water partition coefficient (Wildman–Crippen LogP) is 3.08. The van der Waals surface area contributed by atoms with Gasteiger partial charge in [0, 0.05) is 42.2 Å². The number of ether oxygens (including phenoxy) is 1. The monoisotopic (exact) mass is 541 g/mol. The first-order valence-electron chi connectivity index (χ1n) is 13.8. The van der Waals surface area contributed by atoms with Crippen molar-refractivity contribution in [1.82, 2.24) is 34.5 Å². The van der Waals surface area contributed by atoms with E-state index in [0.29, 0.717) is 35.7 Å². The second kappa shape index (κ2) is 9.79. The highest BCUT2D eigenvalue weighted by Crippen LogP contribution is 2.46. The van der Waals surface area contributed by atoms with Gasteiger partial charge in [0.05, 0.1) is 54.2 Å². The second-order valence-electron chi connectivity index (χ2n) is 11.0. The predicted molar refractivity (Wildman–Crippen MR) is 147 cm³/mol. The highest BCUT2D eigenvalue weighted by atomic mass is 16.5. The number of aromatic nitrogens is 6. The first kappa shape index (κ1) is 24.9. The van der Waals surface area contributed by atoms with E-state index >= 15 is 0 Å². The molecule has 2 saturated heterocycles. The Hall–Kier alpha value is -4.16. The van der Waals surface area contributed by atoms with E-state index in [1.54, 1.807) is 23.7 Å². The quantitative estimate of drug-likeness (QED) is 0.365. The lowest BCUT2D eigenvalue weighted by molar-refractivity contribution is -0.127. The lowest BCUT2D eigenvalue weighted by Crippen LogP contribution is -2.65. The van der Waals surface area contributed by atoms with E-state index in [9.17, 15) is 9.59 Å². The molecule has 2 amide bonds. The molecular formula is C28H31N9O3. The Morgan fingerprint density at radius 3 is 2.77 bits per heavy atom. The fraction of sp³-hybridized carbons (Fsp3) is 0.429. The number of nitrogens with zero attached hydrogens (tertiary/aromatic N) is 7. The Bertz CT molecular complexity index is 1590. The molecule has 0 aromatic carbocycles. The molecule has 4 aromatic heterocycles. The minimum absolute atomic E-state index is 0.0730. The number of likely N-dealkylation sites (tertiary alicyclic amines) is 1. The van der Waals surface area contributed by atoms with Crippen molar-refractivity contribution >= 4 is 28.7 Å². The van der Waals surface area contributed by atoms with Crippen LogP contribution in [-0.4, -0.2) is 78.1 Å². The number of hydrogen-bond acceptors (Lipinski definition) is 8. The summed E-state index contributed by atoms with van der Waals surface area (Å²) < 4.78 is 9.00. The van der Waals surface area contributed by atoms with Crippen LogP contribution in [0.5, 0.6) is 0 Å². The zero-order chi connectivity index (χ0) is 27.3. The number of pyridine rings is 2. The number of hydrogen-bond donors (Lipinski definition) is 2. The molecule has 206 valence electrons. The van der Waals surface area contributed by atoms with Gasteiger partial charge in [0.15, 0.2) is 5.69 Å². The molecule has 1 atom stereocenters. The van der Waals surface area contributed by atoms with Gasteiger partial charge in [0.2, 0.25) is 5.91 Å². The standard InChI is InChI=1S/C28H31N9O3/c1-18-23(11-21(13-29-18)31-25(38)16-35-9-8-28(35)6-2-7-28)32-27(39)26-24-4-3-19(14-37(24)34-33-26)20-12-30-36(15-20)22-5-10-40-17-22/h3-4,11-15,22H,2,5-10,16-17H2,1H3,(H,31,38)(H,32,39). The van der Waals surface area contributed by atoms with Crippen molar-refractivity contribution in [3.8, 4) is 11.1 Å². The lowest BCUT2D eigenvalue weighted by Gasteiger charge is -2.58. The van der Waals surface area contributed by atoms with Crippen LogP contribution in [-0.2, 0) is 9.53 Å². The molecule has 0 bridgehead atoms. The minimum Gasteiger partial charge on any atom is -0.379 e. The Kier molecular flexibility index (Phi) is 6.08. The number of amides is 2. The van der Waals surface area contributed by atoms with Gasteiger partial charge in [-0.25, -0.2) is 4.52 Å². The maximum absolute atomic E-state index is 13.2. The first-order valence-corrected chi connectivity index (χ1v) is 13.8. The Morgan fingerprint density at radius 1 is 1.12 bits per heavy atom. The van der Waals surface area contributed by atoms with Gasteiger partial charge in [-0.15, -0.1) is 5.10 Å². The molecule has 1 aliphatic carbocycles. The molecule has 40 heavy (non-hydrogen) atoms. The average Bonchev–Trinajstić information content (AvgIpc) is 3.68. The number of anilines is 2. The topological polar surface area (TPSA) is 132 Å². The van der Waals surface area contributed by atoms with Gasteiger partial charge in [0.1, 0.15) is 0 Å². The van der Waals surface area contributed by atoms with Gasteiger partial charge in [0.25, 0.3) is 5.91 Å². The summed E-state index contributed by atoms with van der Waals surface area (Å²) in [6, 6.07) is 5.73. The van der Waals surface area contributed by atoms with Crippen LogP contribution in [0.3, 0.4) is 0 Å². The van der Waals surface area contributed by atoms with E-state index in [-0.39, 0.29) is 23.2 Å². The SMILES string of the molecule is Cc1ncc(NC(=O)CN2CCC23CCC3)cc1NC(=O)c1nnn2cc(-c3cnn(C4CCOC4)c3)ccc12. The Balaban J connectivity index is 1.04. The summed E-state index contributed by atoms with van der Waals surface area (Å²) >= 11 is 0. The molecule has 12 nitrogen and oxygen atoms in total. The van der Waals surface area contributed by atoms with Gasteiger partial charge < -0.3 is 15.4 Å². The number of carbonyl (C=O) groups is 2. The first-order chi connectivity index (χ1) is 19.5. The van der Waals surface area contributed by atoms with Crippen molar-refractivity contribution in [2.45, 2.75) is 50.6 Å². The highest BCUT2D eigenvalue weighted by molar-refractivity contribution is 6.08. The zero-order valence-corrected chi connectivity index (χ0v) is 22.3. The van der Waals surface area contributed by atoms with E-state index in [2.05, 4.69) is 35.9 Å². The summed E-state index contributed by atoms with van der Waals surface area (Å²) in [5.74, 6) is -0.478. The van der Waals surface area contributed by atoms with Gasteiger partial charge >= 0.3 is 0 Å². The third-order valence-corrected chi connectivity index (χ3v) is 8.60. The molecule has 1 saturated carbocycles. The molecule has 7 rings (SSSR count). The van der Waals surface area contributed by atoms with E-state index < -0.39 is 5.91 Å². The van der Waals surface area contributed by atoms with Crippen LogP contribution in [0.25, 0.3) is 16.6 Å². The van der Waals surface area contributed by atoms with Crippen LogP contribution >= 0.6 is 0 Å². The second-order valence-corrected chi connectivity index (χ2v) is 11.0. The molecule has 1 spiro atoms. The largest absolute Gasteiger partial charge is 0.379 e. The van der Waals surface area contributed by atoms with Gasteiger partial charge in [-0.1, -0.05) is 11.3 Å². The van der Waals surface area contributed by atoms with Crippen molar-refractivity contribution in [2.75, 3.05) is 36.9 Å². The molecule has 12 heteroatoms. The summed E-state index contributed by atoms with van der Waals surface area (Å²) in [6.45, 7) is 4.57. The summed E-state index contributed by atoms with van der Waals surface area (Å²) in [7, 11) is 0. The normalized spacial score (nSPS) is 19.9. The van der Waals surface area contributed by atoms with Crippen LogP contribution in [0.1, 0.15) is 54.3 Å². The molecule has 3 fully saturated rings. The smallest absolute Gasteiger partial charge is 0.278 e. The molecule has 0 radical (unpaired) electrons. The van der Waals surface area contributed by atoms with Gasteiger partial charge in [-0.2, -0.15) is 5.10 Å². The average molecular weight is 542 g/mol. The van der Waals surface area contributed by atoms with E-state index in [4.69, 9.17) is 4.74 Å². The van der Waals surface area contributed by atoms with E-state index in [1.165, 1.54) is 25.7 Å². The summed E-state index contributed by atoms with van der Waals surface area (Å²) in [5.41, 5.74) is 4.57. The lowest BCUT2D eigenvalue weighted by atomic mass is 9.68. The fourth-order valence-electron chi connectivity index (χ4n) is 5.91. The molecule has 2 aliphatic heterocycles. The van der Waals surface area contributed by atoms with Crippen molar-refractivity contribution in [1.29, 1.82) is 0 Å². The summed E-state index contributed by atoms with van der Waals surface area (Å²) in [6.07, 6.45) is 13.0. The number of aryl methyl sites for hydroxylation is 1. The van der Waals surface area contributed by atoms with Crippen molar-refractivity contribution in [3.05, 3.63) is 54.4 Å². The van der Waals surface area contributed by atoms with Crippen LogP contribution in [0, 0.1) is 6.92 Å². The molecule has 1 unspecified atom stereocenters. The third kappa shape index (κ3) is 4.42. The van der Waals surface area contributed by atoms with Crippen molar-refractivity contribution in [2.24, 2.45) is 0 Å². The van der Waals surface area contributed by atoms with Crippen LogP contribution in [0.4, 0.5) is 11.4 Å². The van der Waals surface area contributed by atoms with E-state index in [1.807, 2.05) is 35.4 Å². The number of carbonyl (C=O) groups excluding carboxylic acids is 2. The van der Waals surface area contributed by atoms with E-state index in [0.717, 1.165) is 30.7 Å². The number of rotatable bonds is 7. The summed E-state index contributed by atoms with van der Waals surface area (Å²) in [5, 5.41) is 18.6. The van der Waals surface area contributed by atoms with Crippen molar-refractivity contribution < 1.29 is 14.3 Å². The fourth-order valence-corrected chi connectivity index (χ4v) is 5.91. The van der Waals surface area contributed by atoms with Crippen LogP contribution in [0.15, 0.2) is 43.0 Å². The highest BCUT2D eigenvalue weighted by Gasteiger charge is 2.49. The zero-order valence-electron chi connectivity index (χ0n) is 22.3. The molecule has 2 N–H and O–H groups in total. The van der Waals surface area contributed by atoms with Gasteiger partial charge in [-0.05, 0) is 51.2 Å². The van der Waals surface area contributed by atoms with Crippen LogP contribution in [0.2, 0.25) is 0 Å². The molecule has 3 aliphatic rings. The Morgan fingerprint density at radius 2 is 2.02 bits per heavy atom. The molecule has 4 aromatic rings. The minimum atomic E-state index is -0.405.